The van der Waals surface area contributed by atoms with Crippen LogP contribution in [0, 0.1) is 11.3 Å². The number of carbonyl (C=O) groups is 1. The highest BCUT2D eigenvalue weighted by Gasteiger charge is 2.20. The molecule has 0 spiro atoms. The van der Waals surface area contributed by atoms with Crippen LogP contribution < -0.4 is 5.32 Å². The van der Waals surface area contributed by atoms with Gasteiger partial charge in [0.1, 0.15) is 11.6 Å². The largest absolute Gasteiger partial charge is 0.388 e. The third-order valence-corrected chi connectivity index (χ3v) is 2.60. The second-order valence-electron chi connectivity index (χ2n) is 4.33. The second kappa shape index (κ2) is 7.69. The molecule has 6 heteroatoms. The number of nitrogens with zero attached hydrogens (tertiary/aromatic N) is 3. The lowest BCUT2D eigenvalue weighted by molar-refractivity contribution is -0.130. The molecule has 0 atom stereocenters. The molecule has 100 valence electrons. The summed E-state index contributed by atoms with van der Waals surface area (Å²) in [6.45, 7) is 3.73. The SMILES string of the molecule is CN(C)CCN/C=C(/C#N)C(=O)N1CCOCC1. The first-order valence-corrected chi connectivity index (χ1v) is 6.00. The molecule has 1 aliphatic heterocycles. The summed E-state index contributed by atoms with van der Waals surface area (Å²) in [5.74, 6) is -0.224. The Hall–Kier alpha value is -1.58. The maximum Gasteiger partial charge on any atom is 0.266 e. The first kappa shape index (κ1) is 14.5. The number of ether oxygens (including phenoxy) is 1. The second-order valence-corrected chi connectivity index (χ2v) is 4.33. The van der Waals surface area contributed by atoms with Crippen LogP contribution >= 0.6 is 0 Å². The Kier molecular flexibility index (Phi) is 6.19. The van der Waals surface area contributed by atoms with Gasteiger partial charge in [0.2, 0.25) is 0 Å². The third-order valence-electron chi connectivity index (χ3n) is 2.60. The van der Waals surface area contributed by atoms with Crippen LogP contribution in [0.1, 0.15) is 0 Å². The van der Waals surface area contributed by atoms with Crippen LogP contribution in [-0.4, -0.2) is 69.2 Å². The zero-order valence-corrected chi connectivity index (χ0v) is 11.0. The number of nitrogens with one attached hydrogen (secondary N) is 1. The topological polar surface area (TPSA) is 68.6 Å². The standard InChI is InChI=1S/C12H20N4O2/c1-15(2)4-3-14-10-11(9-13)12(17)16-5-7-18-8-6-16/h10,14H,3-8H2,1-2H3/b11-10-. The van der Waals surface area contributed by atoms with Gasteiger partial charge in [0.15, 0.2) is 0 Å². The van der Waals surface area contributed by atoms with Gasteiger partial charge in [0.05, 0.1) is 13.2 Å². The van der Waals surface area contributed by atoms with Crippen LogP contribution in [0.2, 0.25) is 0 Å². The van der Waals surface area contributed by atoms with E-state index >= 15 is 0 Å². The van der Waals surface area contributed by atoms with Crippen molar-refractivity contribution in [2.24, 2.45) is 0 Å². The van der Waals surface area contributed by atoms with Crippen molar-refractivity contribution in [3.05, 3.63) is 11.8 Å². The Bertz CT molecular complexity index is 340. The molecule has 0 aromatic carbocycles. The van der Waals surface area contributed by atoms with Gasteiger partial charge in [0.25, 0.3) is 5.91 Å². The van der Waals surface area contributed by atoms with E-state index in [0.29, 0.717) is 32.8 Å². The van der Waals surface area contributed by atoms with Crippen molar-refractivity contribution in [1.82, 2.24) is 15.1 Å². The summed E-state index contributed by atoms with van der Waals surface area (Å²) in [6.07, 6.45) is 1.50. The molecular weight excluding hydrogens is 232 g/mol. The van der Waals surface area contributed by atoms with E-state index in [2.05, 4.69) is 5.32 Å². The summed E-state index contributed by atoms with van der Waals surface area (Å²) < 4.78 is 5.17. The van der Waals surface area contributed by atoms with Crippen molar-refractivity contribution in [3.8, 4) is 6.07 Å². The highest BCUT2D eigenvalue weighted by Crippen LogP contribution is 2.03. The number of nitriles is 1. The van der Waals surface area contributed by atoms with Crippen LogP contribution in [0.3, 0.4) is 0 Å². The highest BCUT2D eigenvalue weighted by atomic mass is 16.5. The predicted molar refractivity (Wildman–Crippen MR) is 67.7 cm³/mol. The molecule has 1 rings (SSSR count). The summed E-state index contributed by atoms with van der Waals surface area (Å²) in [4.78, 5) is 15.7. The number of carbonyl (C=O) groups excluding carboxylic acids is 1. The number of hydrogen-bond donors (Lipinski definition) is 1. The summed E-state index contributed by atoms with van der Waals surface area (Å²) in [5, 5.41) is 12.0. The lowest BCUT2D eigenvalue weighted by Crippen LogP contribution is -2.41. The molecule has 0 aromatic rings. The van der Waals surface area contributed by atoms with E-state index in [1.54, 1.807) is 4.90 Å². The van der Waals surface area contributed by atoms with E-state index in [9.17, 15) is 4.79 Å². The van der Waals surface area contributed by atoms with Gasteiger partial charge < -0.3 is 19.9 Å². The Labute approximate surface area is 108 Å². The summed E-state index contributed by atoms with van der Waals surface area (Å²) in [5.41, 5.74) is 0.149. The average Bonchev–Trinajstić information content (AvgIpc) is 2.39. The molecule has 0 saturated carbocycles. The van der Waals surface area contributed by atoms with Crippen molar-refractivity contribution in [2.45, 2.75) is 0 Å². The van der Waals surface area contributed by atoms with Crippen molar-refractivity contribution in [2.75, 3.05) is 53.5 Å². The monoisotopic (exact) mass is 252 g/mol. The maximum atomic E-state index is 12.0. The number of morpholine rings is 1. The number of amides is 1. The molecule has 1 N–H and O–H groups in total. The molecule has 1 saturated heterocycles. The van der Waals surface area contributed by atoms with Crippen LogP contribution in [0.4, 0.5) is 0 Å². The maximum absolute atomic E-state index is 12.0. The van der Waals surface area contributed by atoms with Gasteiger partial charge in [-0.05, 0) is 14.1 Å². The first-order chi connectivity index (χ1) is 8.65. The molecule has 0 aliphatic carbocycles. The minimum atomic E-state index is -0.224. The van der Waals surface area contributed by atoms with Gasteiger partial charge in [0, 0.05) is 32.4 Å². The molecule has 1 amide bonds. The van der Waals surface area contributed by atoms with E-state index in [-0.39, 0.29) is 11.5 Å². The minimum absolute atomic E-state index is 0.149. The first-order valence-electron chi connectivity index (χ1n) is 6.00. The molecular formula is C12H20N4O2. The molecule has 0 aromatic heterocycles. The lowest BCUT2D eigenvalue weighted by Gasteiger charge is -2.26. The zero-order valence-electron chi connectivity index (χ0n) is 11.0. The van der Waals surface area contributed by atoms with Crippen LogP contribution in [0.5, 0.6) is 0 Å². The molecule has 0 bridgehead atoms. The number of hydrogen-bond acceptors (Lipinski definition) is 5. The van der Waals surface area contributed by atoms with E-state index in [4.69, 9.17) is 10.00 Å². The quantitative estimate of drug-likeness (QED) is 0.402. The van der Waals surface area contributed by atoms with Crippen molar-refractivity contribution in [1.29, 1.82) is 5.26 Å². The Morgan fingerprint density at radius 1 is 1.50 bits per heavy atom. The lowest BCUT2D eigenvalue weighted by atomic mass is 10.2. The van der Waals surface area contributed by atoms with Crippen molar-refractivity contribution >= 4 is 5.91 Å². The molecule has 0 radical (unpaired) electrons. The van der Waals surface area contributed by atoms with Gasteiger partial charge in [-0.15, -0.1) is 0 Å². The molecule has 0 unspecified atom stereocenters. The van der Waals surface area contributed by atoms with Gasteiger partial charge in [-0.1, -0.05) is 0 Å². The van der Waals surface area contributed by atoms with Gasteiger partial charge >= 0.3 is 0 Å². The third kappa shape index (κ3) is 4.73. The van der Waals surface area contributed by atoms with Crippen LogP contribution in [0.15, 0.2) is 11.8 Å². The van der Waals surface area contributed by atoms with E-state index < -0.39 is 0 Å². The molecule has 18 heavy (non-hydrogen) atoms. The van der Waals surface area contributed by atoms with Crippen LogP contribution in [-0.2, 0) is 9.53 Å². The van der Waals surface area contributed by atoms with E-state index in [1.165, 1.54) is 6.20 Å². The van der Waals surface area contributed by atoms with E-state index in [1.807, 2.05) is 25.1 Å². The molecule has 1 fully saturated rings. The molecule has 1 heterocycles. The fourth-order valence-electron chi connectivity index (χ4n) is 1.54. The fraction of sp³-hybridized carbons (Fsp3) is 0.667. The van der Waals surface area contributed by atoms with Crippen molar-refractivity contribution in [3.63, 3.8) is 0 Å². The summed E-state index contributed by atoms with van der Waals surface area (Å²) in [7, 11) is 3.94. The van der Waals surface area contributed by atoms with Gasteiger partial charge in [-0.25, -0.2) is 0 Å². The predicted octanol–water partition coefficient (Wildman–Crippen LogP) is -0.596. The smallest absolute Gasteiger partial charge is 0.266 e. The molecule has 6 nitrogen and oxygen atoms in total. The average molecular weight is 252 g/mol. The normalized spacial score (nSPS) is 16.6. The van der Waals surface area contributed by atoms with Gasteiger partial charge in [-0.3, -0.25) is 4.79 Å². The van der Waals surface area contributed by atoms with E-state index in [0.717, 1.165) is 6.54 Å². The zero-order chi connectivity index (χ0) is 13.4. The Morgan fingerprint density at radius 2 is 2.17 bits per heavy atom. The number of likely N-dealkylation sites (N-methyl/N-ethyl adjacent to an activating group) is 1. The Morgan fingerprint density at radius 3 is 2.72 bits per heavy atom. The summed E-state index contributed by atoms with van der Waals surface area (Å²) in [6, 6.07) is 1.94. The highest BCUT2D eigenvalue weighted by molar-refractivity contribution is 5.97. The summed E-state index contributed by atoms with van der Waals surface area (Å²) >= 11 is 0. The number of rotatable bonds is 5. The molecule has 1 aliphatic rings. The minimum Gasteiger partial charge on any atom is -0.388 e. The van der Waals surface area contributed by atoms with Crippen molar-refractivity contribution < 1.29 is 9.53 Å². The van der Waals surface area contributed by atoms with Crippen LogP contribution in [0.25, 0.3) is 0 Å². The fourth-order valence-corrected chi connectivity index (χ4v) is 1.54. The Balaban J connectivity index is 2.46. The van der Waals surface area contributed by atoms with Gasteiger partial charge in [-0.2, -0.15) is 5.26 Å².